The molecule has 4 nitrogen and oxygen atoms in total. The van der Waals surface area contributed by atoms with Gasteiger partial charge in [-0.3, -0.25) is 4.68 Å². The van der Waals surface area contributed by atoms with E-state index in [1.54, 1.807) is 11.3 Å². The van der Waals surface area contributed by atoms with Gasteiger partial charge in [-0.1, -0.05) is 45.0 Å². The first-order valence-electron chi connectivity index (χ1n) is 9.37. The first-order valence-corrected chi connectivity index (χ1v) is 10.2. The molecule has 0 spiro atoms. The van der Waals surface area contributed by atoms with Gasteiger partial charge in [0, 0.05) is 27.8 Å². The molecule has 0 bridgehead atoms. The number of furan rings is 1. The van der Waals surface area contributed by atoms with Crippen molar-refractivity contribution >= 4 is 33.2 Å². The zero-order valence-corrected chi connectivity index (χ0v) is 17.0. The predicted octanol–water partition coefficient (Wildman–Crippen LogP) is 6.25. The van der Waals surface area contributed by atoms with E-state index in [2.05, 4.69) is 61.7 Å². The van der Waals surface area contributed by atoms with Crippen molar-refractivity contribution in [1.29, 1.82) is 0 Å². The van der Waals surface area contributed by atoms with Crippen LogP contribution in [0.5, 0.6) is 0 Å². The minimum Gasteiger partial charge on any atom is -0.454 e. The molecule has 0 atom stereocenters. The first-order chi connectivity index (χ1) is 13.5. The van der Waals surface area contributed by atoms with Crippen LogP contribution >= 0.6 is 11.3 Å². The highest BCUT2D eigenvalue weighted by molar-refractivity contribution is 7.13. The van der Waals surface area contributed by atoms with Gasteiger partial charge < -0.3 is 4.42 Å². The van der Waals surface area contributed by atoms with Gasteiger partial charge in [-0.2, -0.15) is 5.10 Å². The quantitative estimate of drug-likeness (QED) is 0.367. The summed E-state index contributed by atoms with van der Waals surface area (Å²) in [5.74, 6) is 0.831. The lowest BCUT2D eigenvalue weighted by Crippen LogP contribution is -2.11. The highest BCUT2D eigenvalue weighted by atomic mass is 32.1. The molecule has 140 valence electrons. The Kier molecular flexibility index (Phi) is 3.88. The summed E-state index contributed by atoms with van der Waals surface area (Å²) in [5, 5.41) is 9.96. The van der Waals surface area contributed by atoms with Crippen LogP contribution in [0, 0.1) is 0 Å². The topological polar surface area (TPSA) is 43.9 Å². The molecule has 3 heterocycles. The largest absolute Gasteiger partial charge is 0.454 e. The zero-order chi connectivity index (χ0) is 19.3. The Labute approximate surface area is 167 Å². The summed E-state index contributed by atoms with van der Waals surface area (Å²) in [6.45, 7) is 7.26. The molecule has 28 heavy (non-hydrogen) atoms. The molecule has 3 aromatic heterocycles. The van der Waals surface area contributed by atoms with Crippen LogP contribution in [0.3, 0.4) is 0 Å². The van der Waals surface area contributed by atoms with Crippen LogP contribution in [-0.4, -0.2) is 14.8 Å². The van der Waals surface area contributed by atoms with E-state index < -0.39 is 0 Å². The van der Waals surface area contributed by atoms with Crippen molar-refractivity contribution in [3.8, 4) is 10.8 Å². The SMILES string of the molecule is CC(C)(C)c1csc(-c2cc3cc(Cn4cc5ccccc5n4)ccc3o2)n1. The predicted molar refractivity (Wildman–Crippen MR) is 115 cm³/mol. The van der Waals surface area contributed by atoms with E-state index in [4.69, 9.17) is 9.40 Å². The van der Waals surface area contributed by atoms with E-state index in [0.717, 1.165) is 44.9 Å². The second-order valence-electron chi connectivity index (χ2n) is 8.16. The fourth-order valence-electron chi connectivity index (χ4n) is 3.31. The number of thiazole rings is 1. The lowest BCUT2D eigenvalue weighted by molar-refractivity contribution is 0.571. The normalized spacial score (nSPS) is 12.2. The molecule has 0 amide bonds. The van der Waals surface area contributed by atoms with Crippen LogP contribution in [0.25, 0.3) is 32.6 Å². The lowest BCUT2D eigenvalue weighted by atomic mass is 9.93. The number of rotatable bonds is 3. The highest BCUT2D eigenvalue weighted by Crippen LogP contribution is 2.33. The Morgan fingerprint density at radius 2 is 1.89 bits per heavy atom. The molecule has 0 N–H and O–H groups in total. The van der Waals surface area contributed by atoms with Crippen molar-refractivity contribution in [1.82, 2.24) is 14.8 Å². The van der Waals surface area contributed by atoms with Crippen molar-refractivity contribution in [3.05, 3.63) is 71.4 Å². The average Bonchev–Trinajstić information content (AvgIpc) is 3.37. The molecule has 0 aliphatic rings. The van der Waals surface area contributed by atoms with Crippen LogP contribution in [0.1, 0.15) is 32.0 Å². The molecule has 2 aromatic carbocycles. The second kappa shape index (κ2) is 6.31. The second-order valence-corrected chi connectivity index (χ2v) is 9.01. The number of nitrogens with zero attached hydrogens (tertiary/aromatic N) is 3. The molecular weight excluding hydrogens is 366 g/mol. The van der Waals surface area contributed by atoms with Crippen molar-refractivity contribution in [3.63, 3.8) is 0 Å². The maximum atomic E-state index is 6.06. The van der Waals surface area contributed by atoms with Gasteiger partial charge >= 0.3 is 0 Å². The van der Waals surface area contributed by atoms with E-state index in [1.165, 1.54) is 5.56 Å². The van der Waals surface area contributed by atoms with Gasteiger partial charge in [-0.25, -0.2) is 4.98 Å². The molecule has 0 saturated carbocycles. The average molecular weight is 388 g/mol. The standard InChI is InChI=1S/C23H21N3OS/c1-23(2,3)21-14-28-22(24-21)20-11-17-10-15(8-9-19(17)27-20)12-26-13-16-6-4-5-7-18(16)25-26/h4-11,13-14H,12H2,1-3H3. The summed E-state index contributed by atoms with van der Waals surface area (Å²) < 4.78 is 8.05. The third-order valence-corrected chi connectivity index (χ3v) is 5.73. The van der Waals surface area contributed by atoms with Crippen LogP contribution < -0.4 is 0 Å². The summed E-state index contributed by atoms with van der Waals surface area (Å²) in [7, 11) is 0. The number of benzene rings is 2. The fourth-order valence-corrected chi connectivity index (χ4v) is 4.31. The molecule has 0 aliphatic heterocycles. The fraction of sp³-hybridized carbons (Fsp3) is 0.217. The Morgan fingerprint density at radius 3 is 2.68 bits per heavy atom. The molecule has 5 heteroatoms. The summed E-state index contributed by atoms with van der Waals surface area (Å²) in [6.07, 6.45) is 2.09. The van der Waals surface area contributed by atoms with Crippen molar-refractivity contribution in [2.75, 3.05) is 0 Å². The van der Waals surface area contributed by atoms with Gasteiger partial charge in [0.2, 0.25) is 0 Å². The van der Waals surface area contributed by atoms with Gasteiger partial charge in [0.25, 0.3) is 0 Å². The maximum absolute atomic E-state index is 6.06. The van der Waals surface area contributed by atoms with E-state index in [-0.39, 0.29) is 5.41 Å². The molecule has 0 aliphatic carbocycles. The minimum absolute atomic E-state index is 0.0429. The first kappa shape index (κ1) is 17.2. The Hall–Kier alpha value is -2.92. The summed E-state index contributed by atoms with van der Waals surface area (Å²) in [6, 6.07) is 16.6. The van der Waals surface area contributed by atoms with Crippen LogP contribution in [0.4, 0.5) is 0 Å². The van der Waals surface area contributed by atoms with Crippen LogP contribution in [-0.2, 0) is 12.0 Å². The van der Waals surface area contributed by atoms with Gasteiger partial charge in [-0.15, -0.1) is 11.3 Å². The summed E-state index contributed by atoms with van der Waals surface area (Å²) in [4.78, 5) is 4.77. The monoisotopic (exact) mass is 387 g/mol. The Balaban J connectivity index is 1.45. The molecule has 5 aromatic rings. The number of fused-ring (bicyclic) bond motifs is 2. The zero-order valence-electron chi connectivity index (χ0n) is 16.1. The minimum atomic E-state index is 0.0429. The van der Waals surface area contributed by atoms with Crippen LogP contribution in [0.15, 0.2) is 64.5 Å². The van der Waals surface area contributed by atoms with E-state index in [9.17, 15) is 0 Å². The van der Waals surface area contributed by atoms with Gasteiger partial charge in [0.15, 0.2) is 10.8 Å². The number of hydrogen-bond acceptors (Lipinski definition) is 4. The number of hydrogen-bond donors (Lipinski definition) is 0. The van der Waals surface area contributed by atoms with Gasteiger partial charge in [0.1, 0.15) is 5.58 Å². The molecule has 0 radical (unpaired) electrons. The van der Waals surface area contributed by atoms with E-state index in [1.807, 2.05) is 28.9 Å². The van der Waals surface area contributed by atoms with Gasteiger partial charge in [-0.05, 0) is 29.8 Å². The lowest BCUT2D eigenvalue weighted by Gasteiger charge is -2.13. The van der Waals surface area contributed by atoms with Crippen molar-refractivity contribution < 1.29 is 4.42 Å². The highest BCUT2D eigenvalue weighted by Gasteiger charge is 2.19. The van der Waals surface area contributed by atoms with Crippen molar-refractivity contribution in [2.45, 2.75) is 32.7 Å². The molecule has 0 saturated heterocycles. The Bertz CT molecular complexity index is 1250. The van der Waals surface area contributed by atoms with Crippen LogP contribution in [0.2, 0.25) is 0 Å². The summed E-state index contributed by atoms with van der Waals surface area (Å²) >= 11 is 1.63. The van der Waals surface area contributed by atoms with E-state index >= 15 is 0 Å². The third kappa shape index (κ3) is 3.12. The van der Waals surface area contributed by atoms with Gasteiger partial charge in [0.05, 0.1) is 17.8 Å². The molecular formula is C23H21N3OS. The molecule has 0 fully saturated rings. The molecule has 0 unspecified atom stereocenters. The smallest absolute Gasteiger partial charge is 0.164 e. The Morgan fingerprint density at radius 1 is 1.04 bits per heavy atom. The molecule has 5 rings (SSSR count). The third-order valence-electron chi connectivity index (χ3n) is 4.87. The van der Waals surface area contributed by atoms with Crippen molar-refractivity contribution in [2.24, 2.45) is 0 Å². The van der Waals surface area contributed by atoms with E-state index in [0.29, 0.717) is 0 Å². The number of aromatic nitrogens is 3. The maximum Gasteiger partial charge on any atom is 0.164 e. The summed E-state index contributed by atoms with van der Waals surface area (Å²) in [5.41, 5.74) is 4.24.